The fourth-order valence-corrected chi connectivity index (χ4v) is 1.65. The molecule has 3 nitrogen and oxygen atoms in total. The summed E-state index contributed by atoms with van der Waals surface area (Å²) in [6.07, 6.45) is 4.63. The summed E-state index contributed by atoms with van der Waals surface area (Å²) in [5.74, 6) is 0.409. The zero-order chi connectivity index (χ0) is 9.52. The van der Waals surface area contributed by atoms with Gasteiger partial charge in [-0.2, -0.15) is 0 Å². The molecule has 13 heavy (non-hydrogen) atoms. The van der Waals surface area contributed by atoms with Gasteiger partial charge in [0.25, 0.3) is 0 Å². The monoisotopic (exact) mass is 185 g/mol. The molecule has 1 fully saturated rings. The molecule has 1 aliphatic heterocycles. The first-order chi connectivity index (χ1) is 6.33. The van der Waals surface area contributed by atoms with Crippen molar-refractivity contribution >= 4 is 5.78 Å². The second-order valence-corrected chi connectivity index (χ2v) is 3.66. The van der Waals surface area contributed by atoms with Crippen LogP contribution in [0.15, 0.2) is 0 Å². The van der Waals surface area contributed by atoms with Crippen LogP contribution in [0.1, 0.15) is 32.1 Å². The van der Waals surface area contributed by atoms with Crippen molar-refractivity contribution in [1.82, 2.24) is 4.90 Å². The second-order valence-electron chi connectivity index (χ2n) is 3.66. The summed E-state index contributed by atoms with van der Waals surface area (Å²) >= 11 is 0. The normalized spacial score (nSPS) is 19.3. The predicted molar refractivity (Wildman–Crippen MR) is 51.6 cm³/mol. The molecule has 0 aliphatic carbocycles. The highest BCUT2D eigenvalue weighted by Crippen LogP contribution is 2.07. The number of likely N-dealkylation sites (tertiary alicyclic amines) is 1. The molecule has 1 heterocycles. The summed E-state index contributed by atoms with van der Waals surface area (Å²) in [6.45, 7) is 3.28. The van der Waals surface area contributed by atoms with Gasteiger partial charge in [0, 0.05) is 32.5 Å². The number of carbonyl (C=O) groups is 1. The Bertz CT molecular complexity index is 149. The molecule has 3 heteroatoms. The number of carbonyl (C=O) groups excluding carboxylic acids is 1. The summed E-state index contributed by atoms with van der Waals surface area (Å²) in [7, 11) is 0. The number of Topliss-reactive ketones (excluding diaryl/α,β-unsaturated/α-hetero) is 1. The minimum atomic E-state index is 0.304. The van der Waals surface area contributed by atoms with Gasteiger partial charge >= 0.3 is 0 Å². The predicted octanol–water partition coefficient (Wildman–Crippen LogP) is 0.814. The minimum Gasteiger partial charge on any atom is -0.396 e. The lowest BCUT2D eigenvalue weighted by Crippen LogP contribution is -2.34. The highest BCUT2D eigenvalue weighted by Gasteiger charge is 2.14. The van der Waals surface area contributed by atoms with Crippen LogP contribution in [-0.4, -0.2) is 42.0 Å². The van der Waals surface area contributed by atoms with Gasteiger partial charge in [-0.05, 0) is 25.8 Å². The van der Waals surface area contributed by atoms with E-state index in [1.807, 2.05) is 0 Å². The van der Waals surface area contributed by atoms with Gasteiger partial charge in [-0.25, -0.2) is 0 Å². The topological polar surface area (TPSA) is 40.5 Å². The molecule has 0 spiro atoms. The van der Waals surface area contributed by atoms with E-state index in [2.05, 4.69) is 4.90 Å². The van der Waals surface area contributed by atoms with E-state index in [1.165, 1.54) is 0 Å². The van der Waals surface area contributed by atoms with Crippen molar-refractivity contribution in [3.63, 3.8) is 0 Å². The van der Waals surface area contributed by atoms with Crippen LogP contribution < -0.4 is 0 Å². The minimum absolute atomic E-state index is 0.304. The maximum absolute atomic E-state index is 10.9. The maximum Gasteiger partial charge on any atom is 0.135 e. The van der Waals surface area contributed by atoms with Gasteiger partial charge in [0.15, 0.2) is 0 Å². The third-order valence-electron chi connectivity index (χ3n) is 2.55. The molecule has 0 radical (unpaired) electrons. The highest BCUT2D eigenvalue weighted by molar-refractivity contribution is 5.79. The smallest absolute Gasteiger partial charge is 0.135 e. The Balaban J connectivity index is 1.99. The van der Waals surface area contributed by atoms with E-state index >= 15 is 0 Å². The number of hydrogen-bond acceptors (Lipinski definition) is 3. The molecule has 0 aromatic carbocycles. The molecular formula is C10H19NO2. The average molecular weight is 185 g/mol. The summed E-state index contributed by atoms with van der Waals surface area (Å²) < 4.78 is 0. The van der Waals surface area contributed by atoms with E-state index in [0.717, 1.165) is 51.7 Å². The van der Waals surface area contributed by atoms with Crippen LogP contribution in [0.25, 0.3) is 0 Å². The third kappa shape index (κ3) is 4.39. The van der Waals surface area contributed by atoms with Gasteiger partial charge in [-0.3, -0.25) is 4.79 Å². The van der Waals surface area contributed by atoms with E-state index in [4.69, 9.17) is 5.11 Å². The van der Waals surface area contributed by atoms with Crippen LogP contribution in [0, 0.1) is 0 Å². The average Bonchev–Trinajstić information content (AvgIpc) is 2.15. The van der Waals surface area contributed by atoms with Crippen LogP contribution >= 0.6 is 0 Å². The maximum atomic E-state index is 10.9. The van der Waals surface area contributed by atoms with Gasteiger partial charge < -0.3 is 10.0 Å². The zero-order valence-electron chi connectivity index (χ0n) is 8.17. The number of piperidine rings is 1. The molecule has 0 aromatic heterocycles. The Labute approximate surface area is 79.7 Å². The van der Waals surface area contributed by atoms with Crippen molar-refractivity contribution in [2.24, 2.45) is 0 Å². The third-order valence-corrected chi connectivity index (χ3v) is 2.55. The Morgan fingerprint density at radius 1 is 1.15 bits per heavy atom. The van der Waals surface area contributed by atoms with Crippen molar-refractivity contribution in [2.45, 2.75) is 32.1 Å². The van der Waals surface area contributed by atoms with Crippen molar-refractivity contribution in [2.75, 3.05) is 26.2 Å². The van der Waals surface area contributed by atoms with Crippen molar-refractivity contribution in [3.05, 3.63) is 0 Å². The standard InChI is InChI=1S/C10H19NO2/c12-9-3-1-2-6-11-7-4-10(13)5-8-11/h12H,1-9H2. The number of nitrogens with zero attached hydrogens (tertiary/aromatic N) is 1. The number of hydrogen-bond donors (Lipinski definition) is 1. The van der Waals surface area contributed by atoms with E-state index in [1.54, 1.807) is 0 Å². The molecule has 0 atom stereocenters. The van der Waals surface area contributed by atoms with Gasteiger partial charge in [0.1, 0.15) is 5.78 Å². The van der Waals surface area contributed by atoms with E-state index in [-0.39, 0.29) is 0 Å². The Morgan fingerprint density at radius 3 is 2.46 bits per heavy atom. The van der Waals surface area contributed by atoms with Crippen molar-refractivity contribution < 1.29 is 9.90 Å². The molecular weight excluding hydrogens is 166 g/mol. The highest BCUT2D eigenvalue weighted by atomic mass is 16.2. The van der Waals surface area contributed by atoms with Crippen LogP contribution in [0.3, 0.4) is 0 Å². The molecule has 0 bridgehead atoms. The van der Waals surface area contributed by atoms with Crippen LogP contribution in [0.2, 0.25) is 0 Å². The van der Waals surface area contributed by atoms with E-state index in [0.29, 0.717) is 12.4 Å². The summed E-state index contributed by atoms with van der Waals surface area (Å²) in [5, 5.41) is 8.58. The molecule has 0 saturated carbocycles. The SMILES string of the molecule is O=C1CCN(CCCCCO)CC1. The molecule has 0 amide bonds. The summed E-state index contributed by atoms with van der Waals surface area (Å²) in [5.41, 5.74) is 0. The number of ketones is 1. The summed E-state index contributed by atoms with van der Waals surface area (Å²) in [6, 6.07) is 0. The molecule has 1 saturated heterocycles. The quantitative estimate of drug-likeness (QED) is 0.644. The molecule has 0 aromatic rings. The summed E-state index contributed by atoms with van der Waals surface area (Å²) in [4.78, 5) is 13.3. The Morgan fingerprint density at radius 2 is 1.85 bits per heavy atom. The first-order valence-electron chi connectivity index (χ1n) is 5.18. The van der Waals surface area contributed by atoms with Crippen LogP contribution in [-0.2, 0) is 4.79 Å². The Kier molecular flexibility index (Phi) is 5.01. The molecule has 1 N–H and O–H groups in total. The fraction of sp³-hybridized carbons (Fsp3) is 0.900. The lowest BCUT2D eigenvalue weighted by molar-refractivity contribution is -0.121. The van der Waals surface area contributed by atoms with Crippen LogP contribution in [0.5, 0.6) is 0 Å². The van der Waals surface area contributed by atoms with Gasteiger partial charge in [-0.15, -0.1) is 0 Å². The van der Waals surface area contributed by atoms with Gasteiger partial charge in [0.05, 0.1) is 0 Å². The van der Waals surface area contributed by atoms with Crippen LogP contribution in [0.4, 0.5) is 0 Å². The Hall–Kier alpha value is -0.410. The van der Waals surface area contributed by atoms with E-state index < -0.39 is 0 Å². The molecule has 0 unspecified atom stereocenters. The first kappa shape index (κ1) is 10.7. The fourth-order valence-electron chi connectivity index (χ4n) is 1.65. The molecule has 1 aliphatic rings. The van der Waals surface area contributed by atoms with Gasteiger partial charge in [-0.1, -0.05) is 0 Å². The molecule has 1 rings (SSSR count). The first-order valence-corrected chi connectivity index (χ1v) is 5.18. The number of aliphatic hydroxyl groups is 1. The number of rotatable bonds is 5. The van der Waals surface area contributed by atoms with Crippen molar-refractivity contribution in [1.29, 1.82) is 0 Å². The van der Waals surface area contributed by atoms with Crippen molar-refractivity contribution in [3.8, 4) is 0 Å². The largest absolute Gasteiger partial charge is 0.396 e. The lowest BCUT2D eigenvalue weighted by Gasteiger charge is -2.25. The van der Waals surface area contributed by atoms with E-state index in [9.17, 15) is 4.79 Å². The second kappa shape index (κ2) is 6.11. The number of aliphatic hydroxyl groups excluding tert-OH is 1. The number of unbranched alkanes of at least 4 members (excludes halogenated alkanes) is 2. The lowest BCUT2D eigenvalue weighted by atomic mass is 10.1. The zero-order valence-corrected chi connectivity index (χ0v) is 8.17. The molecule has 76 valence electrons. The van der Waals surface area contributed by atoms with Gasteiger partial charge in [0.2, 0.25) is 0 Å².